The molecular weight excluding hydrogens is 468 g/mol. The lowest BCUT2D eigenvalue weighted by molar-refractivity contribution is -0.00574. The van der Waals surface area contributed by atoms with Crippen molar-refractivity contribution in [3.63, 3.8) is 0 Å². The third kappa shape index (κ3) is 4.00. The van der Waals surface area contributed by atoms with E-state index in [-0.39, 0.29) is 35.6 Å². The van der Waals surface area contributed by atoms with Crippen LogP contribution in [0, 0.1) is 6.92 Å². The summed E-state index contributed by atoms with van der Waals surface area (Å²) in [4.78, 5) is 55.0. The van der Waals surface area contributed by atoms with Crippen LogP contribution in [-0.2, 0) is 6.54 Å². The molecule has 0 N–H and O–H groups in total. The molecule has 3 aromatic carbocycles. The number of hydrogen-bond donors (Lipinski definition) is 0. The Morgan fingerprint density at radius 1 is 0.865 bits per heavy atom. The summed E-state index contributed by atoms with van der Waals surface area (Å²) in [5, 5.41) is 0. The van der Waals surface area contributed by atoms with E-state index < -0.39 is 5.60 Å². The molecule has 3 aromatic rings. The zero-order valence-corrected chi connectivity index (χ0v) is 20.5. The fourth-order valence-electron chi connectivity index (χ4n) is 5.52. The van der Waals surface area contributed by atoms with Crippen molar-refractivity contribution in [3.05, 3.63) is 100 Å². The van der Waals surface area contributed by atoms with Gasteiger partial charge in [-0.3, -0.25) is 24.1 Å². The molecule has 0 aromatic heterocycles. The zero-order chi connectivity index (χ0) is 25.7. The van der Waals surface area contributed by atoms with Gasteiger partial charge in [-0.1, -0.05) is 42.0 Å². The van der Waals surface area contributed by atoms with E-state index >= 15 is 0 Å². The average Bonchev–Trinajstić information content (AvgIpc) is 3.14. The number of aryl methyl sites for hydroxylation is 1. The maximum absolute atomic E-state index is 13.3. The smallest absolute Gasteiger partial charge is 0.261 e. The van der Waals surface area contributed by atoms with Crippen molar-refractivity contribution >= 4 is 23.5 Å². The first kappa shape index (κ1) is 23.2. The van der Waals surface area contributed by atoms with Gasteiger partial charge < -0.3 is 9.64 Å². The Morgan fingerprint density at radius 3 is 2.35 bits per heavy atom. The molecule has 1 saturated heterocycles. The number of nitrogens with zero attached hydrogens (tertiary/aromatic N) is 2. The monoisotopic (exact) mass is 494 g/mol. The Kier molecular flexibility index (Phi) is 5.44. The summed E-state index contributed by atoms with van der Waals surface area (Å²) in [5.74, 6) is -0.246. The third-order valence-electron chi connectivity index (χ3n) is 7.61. The maximum Gasteiger partial charge on any atom is 0.261 e. The molecule has 0 unspecified atom stereocenters. The highest BCUT2D eigenvalue weighted by molar-refractivity contribution is 6.22. The van der Waals surface area contributed by atoms with Crippen molar-refractivity contribution in [1.29, 1.82) is 0 Å². The van der Waals surface area contributed by atoms with Crippen LogP contribution in [0.2, 0.25) is 0 Å². The molecule has 0 atom stereocenters. The van der Waals surface area contributed by atoms with Gasteiger partial charge in [0.25, 0.3) is 17.7 Å². The van der Waals surface area contributed by atoms with Crippen molar-refractivity contribution in [1.82, 2.24) is 9.80 Å². The lowest BCUT2D eigenvalue weighted by Gasteiger charge is -2.44. The molecule has 0 saturated carbocycles. The Labute approximate surface area is 214 Å². The van der Waals surface area contributed by atoms with Gasteiger partial charge in [-0.2, -0.15) is 0 Å². The predicted molar refractivity (Wildman–Crippen MR) is 136 cm³/mol. The second-order valence-corrected chi connectivity index (χ2v) is 10.1. The number of piperidine rings is 1. The summed E-state index contributed by atoms with van der Waals surface area (Å²) in [6, 6.07) is 19.7. The first-order valence-corrected chi connectivity index (χ1v) is 12.5. The second-order valence-electron chi connectivity index (χ2n) is 10.1. The zero-order valence-electron chi connectivity index (χ0n) is 20.5. The number of hydrogen-bond acceptors (Lipinski definition) is 5. The average molecular weight is 495 g/mol. The fraction of sp³-hybridized carbons (Fsp3) is 0.267. The molecule has 3 amide bonds. The van der Waals surface area contributed by atoms with E-state index in [1.807, 2.05) is 55.5 Å². The van der Waals surface area contributed by atoms with Gasteiger partial charge in [0.1, 0.15) is 11.4 Å². The molecule has 1 fully saturated rings. The molecule has 0 aliphatic carbocycles. The van der Waals surface area contributed by atoms with Crippen LogP contribution in [0.5, 0.6) is 5.75 Å². The van der Waals surface area contributed by atoms with Crippen LogP contribution in [0.3, 0.4) is 0 Å². The predicted octanol–water partition coefficient (Wildman–Crippen LogP) is 4.43. The SMILES string of the molecule is Cc1ccc2c(c1)C(=O)CC1(CCN(C(=O)c3ccc4c(c3)C(=O)N(Cc3ccccc3)C4=O)CC1)O2. The standard InChI is InChI=1S/C30H26N2O5/c1-19-7-10-26-24(15-19)25(33)17-30(37-26)11-13-31(14-12-30)27(34)21-8-9-22-23(16-21)29(36)32(28(22)35)18-20-5-3-2-4-6-20/h2-10,15-16H,11-14,17-18H2,1H3. The van der Waals surface area contributed by atoms with Gasteiger partial charge in [0.2, 0.25) is 0 Å². The van der Waals surface area contributed by atoms with E-state index in [4.69, 9.17) is 4.74 Å². The van der Waals surface area contributed by atoms with Crippen LogP contribution in [0.4, 0.5) is 0 Å². The minimum absolute atomic E-state index is 0.0755. The summed E-state index contributed by atoms with van der Waals surface area (Å²) in [7, 11) is 0. The molecule has 0 radical (unpaired) electrons. The number of likely N-dealkylation sites (tertiary alicyclic amines) is 1. The molecule has 186 valence electrons. The number of ether oxygens (including phenoxy) is 1. The quantitative estimate of drug-likeness (QED) is 0.503. The number of amides is 3. The van der Waals surface area contributed by atoms with Gasteiger partial charge in [-0.25, -0.2) is 0 Å². The van der Waals surface area contributed by atoms with E-state index in [2.05, 4.69) is 0 Å². The molecule has 7 nitrogen and oxygen atoms in total. The molecule has 1 spiro atoms. The van der Waals surface area contributed by atoms with Crippen LogP contribution in [0.1, 0.15) is 71.8 Å². The topological polar surface area (TPSA) is 84.0 Å². The number of carbonyl (C=O) groups excluding carboxylic acids is 4. The number of benzene rings is 3. The molecule has 7 heteroatoms. The summed E-state index contributed by atoms with van der Waals surface area (Å²) >= 11 is 0. The van der Waals surface area contributed by atoms with Gasteiger partial charge >= 0.3 is 0 Å². The molecular formula is C30H26N2O5. The van der Waals surface area contributed by atoms with Crippen LogP contribution in [0.25, 0.3) is 0 Å². The Balaban J connectivity index is 1.16. The molecule has 3 heterocycles. The van der Waals surface area contributed by atoms with E-state index in [1.54, 1.807) is 17.0 Å². The van der Waals surface area contributed by atoms with Gasteiger partial charge in [0, 0.05) is 31.5 Å². The number of imide groups is 1. The lowest BCUT2D eigenvalue weighted by Crippen LogP contribution is -2.52. The molecule has 3 aliphatic heterocycles. The molecule has 37 heavy (non-hydrogen) atoms. The normalized spacial score (nSPS) is 18.0. The number of fused-ring (bicyclic) bond motifs is 2. The van der Waals surface area contributed by atoms with Crippen LogP contribution < -0.4 is 4.74 Å². The Morgan fingerprint density at radius 2 is 1.59 bits per heavy atom. The van der Waals surface area contributed by atoms with Gasteiger partial charge in [0.15, 0.2) is 5.78 Å². The fourth-order valence-corrected chi connectivity index (χ4v) is 5.52. The van der Waals surface area contributed by atoms with Gasteiger partial charge in [-0.15, -0.1) is 0 Å². The van der Waals surface area contributed by atoms with Crippen molar-refractivity contribution in [3.8, 4) is 5.75 Å². The number of ketones is 1. The Hall–Kier alpha value is -4.26. The van der Waals surface area contributed by atoms with Crippen molar-refractivity contribution < 1.29 is 23.9 Å². The molecule has 3 aliphatic rings. The van der Waals surface area contributed by atoms with Crippen LogP contribution >= 0.6 is 0 Å². The van der Waals surface area contributed by atoms with E-state index in [9.17, 15) is 19.2 Å². The van der Waals surface area contributed by atoms with Crippen LogP contribution in [-0.4, -0.2) is 52.0 Å². The Bertz CT molecular complexity index is 1450. The highest BCUT2D eigenvalue weighted by Crippen LogP contribution is 2.40. The summed E-state index contributed by atoms with van der Waals surface area (Å²) in [6.07, 6.45) is 1.40. The lowest BCUT2D eigenvalue weighted by atomic mass is 9.82. The third-order valence-corrected chi connectivity index (χ3v) is 7.61. The highest BCUT2D eigenvalue weighted by Gasteiger charge is 2.44. The first-order chi connectivity index (χ1) is 17.8. The number of carbonyl (C=O) groups is 4. The van der Waals surface area contributed by atoms with Crippen molar-refractivity contribution in [2.45, 2.75) is 38.3 Å². The van der Waals surface area contributed by atoms with E-state index in [1.165, 1.54) is 11.0 Å². The first-order valence-electron chi connectivity index (χ1n) is 12.5. The number of Topliss-reactive ketones (excluding diaryl/α,β-unsaturated/α-hetero) is 1. The molecule has 0 bridgehead atoms. The number of rotatable bonds is 3. The van der Waals surface area contributed by atoms with E-state index in [0.29, 0.717) is 54.8 Å². The van der Waals surface area contributed by atoms with E-state index in [0.717, 1.165) is 11.1 Å². The molecule has 6 rings (SSSR count). The van der Waals surface area contributed by atoms with Crippen LogP contribution in [0.15, 0.2) is 66.7 Å². The second kappa shape index (κ2) is 8.69. The van der Waals surface area contributed by atoms with Gasteiger partial charge in [-0.05, 0) is 42.8 Å². The minimum atomic E-state index is -0.603. The summed E-state index contributed by atoms with van der Waals surface area (Å²) in [5.41, 5.74) is 2.85. The summed E-state index contributed by atoms with van der Waals surface area (Å²) in [6.45, 7) is 3.02. The largest absolute Gasteiger partial charge is 0.486 e. The minimum Gasteiger partial charge on any atom is -0.486 e. The van der Waals surface area contributed by atoms with Crippen molar-refractivity contribution in [2.75, 3.05) is 13.1 Å². The highest BCUT2D eigenvalue weighted by atomic mass is 16.5. The van der Waals surface area contributed by atoms with Crippen molar-refractivity contribution in [2.24, 2.45) is 0 Å². The summed E-state index contributed by atoms with van der Waals surface area (Å²) < 4.78 is 6.32. The van der Waals surface area contributed by atoms with Gasteiger partial charge in [0.05, 0.1) is 29.7 Å². The maximum atomic E-state index is 13.3.